The lowest BCUT2D eigenvalue weighted by Crippen LogP contribution is -2.41. The van der Waals surface area contributed by atoms with E-state index in [-0.39, 0.29) is 0 Å². The van der Waals surface area contributed by atoms with Gasteiger partial charge >= 0.3 is 0 Å². The molecule has 3 nitrogen and oxygen atoms in total. The van der Waals surface area contributed by atoms with E-state index < -0.39 is 0 Å². The molecule has 116 valence electrons. The second kappa shape index (κ2) is 5.71. The van der Waals surface area contributed by atoms with Crippen LogP contribution in [0.15, 0.2) is 18.2 Å². The van der Waals surface area contributed by atoms with Gasteiger partial charge in [-0.2, -0.15) is 0 Å². The molecule has 1 aliphatic carbocycles. The monoisotopic (exact) mass is 316 g/mol. The van der Waals surface area contributed by atoms with E-state index in [1.54, 1.807) is 0 Å². The molecule has 0 amide bonds. The number of fused-ring (bicyclic) bond motifs is 3. The number of rotatable bonds is 1. The van der Waals surface area contributed by atoms with Gasteiger partial charge in [-0.1, -0.05) is 30.9 Å². The maximum atomic E-state index is 6.17. The van der Waals surface area contributed by atoms with Gasteiger partial charge in [0.05, 0.1) is 5.52 Å². The molecule has 2 aromatic rings. The van der Waals surface area contributed by atoms with Crippen molar-refractivity contribution >= 4 is 22.5 Å². The van der Waals surface area contributed by atoms with Crippen molar-refractivity contribution in [3.8, 4) is 5.75 Å². The van der Waals surface area contributed by atoms with E-state index in [4.69, 9.17) is 21.3 Å². The van der Waals surface area contributed by atoms with Gasteiger partial charge in [0.1, 0.15) is 12.5 Å². The van der Waals surface area contributed by atoms with Crippen LogP contribution in [0.5, 0.6) is 5.75 Å². The molecule has 22 heavy (non-hydrogen) atoms. The number of pyridine rings is 1. The van der Waals surface area contributed by atoms with Crippen molar-refractivity contribution in [2.24, 2.45) is 0 Å². The van der Waals surface area contributed by atoms with Crippen molar-refractivity contribution in [3.63, 3.8) is 0 Å². The quantitative estimate of drug-likeness (QED) is 0.763. The van der Waals surface area contributed by atoms with E-state index in [0.717, 1.165) is 33.9 Å². The van der Waals surface area contributed by atoms with Crippen molar-refractivity contribution in [1.29, 1.82) is 0 Å². The average molecular weight is 317 g/mol. The van der Waals surface area contributed by atoms with E-state index in [1.165, 1.54) is 37.7 Å². The first kappa shape index (κ1) is 14.3. The zero-order valence-corrected chi connectivity index (χ0v) is 13.7. The van der Waals surface area contributed by atoms with Crippen LogP contribution in [0.3, 0.4) is 0 Å². The van der Waals surface area contributed by atoms with Gasteiger partial charge in [0, 0.05) is 34.3 Å². The topological polar surface area (TPSA) is 25.4 Å². The Morgan fingerprint density at radius 1 is 1.23 bits per heavy atom. The largest absolute Gasteiger partial charge is 0.477 e. The van der Waals surface area contributed by atoms with Crippen molar-refractivity contribution in [3.05, 3.63) is 34.5 Å². The Hall–Kier alpha value is -1.32. The minimum atomic E-state index is 0.663. The van der Waals surface area contributed by atoms with Gasteiger partial charge in [0.2, 0.25) is 0 Å². The summed E-state index contributed by atoms with van der Waals surface area (Å²) in [5.74, 6) is 0.983. The average Bonchev–Trinajstić information content (AvgIpc) is 2.56. The molecule has 0 unspecified atom stereocenters. The van der Waals surface area contributed by atoms with Crippen LogP contribution in [-0.2, 0) is 6.54 Å². The zero-order chi connectivity index (χ0) is 15.1. The first-order valence-corrected chi connectivity index (χ1v) is 8.56. The minimum Gasteiger partial charge on any atom is -0.477 e. The minimum absolute atomic E-state index is 0.663. The summed E-state index contributed by atoms with van der Waals surface area (Å²) < 4.78 is 6.17. The predicted molar refractivity (Wildman–Crippen MR) is 89.4 cm³/mol. The zero-order valence-electron chi connectivity index (χ0n) is 12.9. The molecule has 0 spiro atoms. The van der Waals surface area contributed by atoms with Gasteiger partial charge < -0.3 is 4.74 Å². The Labute approximate surface area is 136 Å². The molecule has 1 aromatic carbocycles. The smallest absolute Gasteiger partial charge is 0.142 e. The molecule has 2 aliphatic rings. The number of ether oxygens (including phenoxy) is 1. The molecule has 0 bridgehead atoms. The third-order valence-electron chi connectivity index (χ3n) is 5.03. The van der Waals surface area contributed by atoms with Crippen LogP contribution >= 0.6 is 11.6 Å². The number of benzene rings is 1. The summed E-state index contributed by atoms with van der Waals surface area (Å²) in [6.45, 7) is 3.71. The molecule has 1 saturated carbocycles. The standard InChI is InChI=1S/C18H21ClN2O/c1-12-16-10-21(14-5-3-2-4-6-14)11-22-18(16)15-9-13(19)7-8-17(15)20-12/h7-9,14H,2-6,10-11H2,1H3. The summed E-state index contributed by atoms with van der Waals surface area (Å²) in [6, 6.07) is 6.50. The first-order valence-electron chi connectivity index (χ1n) is 8.18. The lowest BCUT2D eigenvalue weighted by molar-refractivity contribution is 0.0410. The van der Waals surface area contributed by atoms with E-state index >= 15 is 0 Å². The first-order chi connectivity index (χ1) is 10.7. The SMILES string of the molecule is Cc1nc2ccc(Cl)cc2c2c1CN(C1CCCCC1)CO2. The van der Waals surface area contributed by atoms with E-state index in [2.05, 4.69) is 11.8 Å². The number of aromatic nitrogens is 1. The fourth-order valence-corrected chi connectivity index (χ4v) is 3.96. The Bertz CT molecular complexity index is 710. The second-order valence-electron chi connectivity index (χ2n) is 6.48. The maximum absolute atomic E-state index is 6.17. The highest BCUT2D eigenvalue weighted by Gasteiger charge is 2.28. The number of hydrogen-bond donors (Lipinski definition) is 0. The third kappa shape index (κ3) is 2.46. The number of hydrogen-bond acceptors (Lipinski definition) is 3. The molecule has 0 atom stereocenters. The Balaban J connectivity index is 1.72. The maximum Gasteiger partial charge on any atom is 0.142 e. The molecule has 1 fully saturated rings. The predicted octanol–water partition coefficient (Wildman–Crippen LogP) is 4.68. The Morgan fingerprint density at radius 2 is 2.05 bits per heavy atom. The van der Waals surface area contributed by atoms with Crippen molar-refractivity contribution < 1.29 is 4.74 Å². The Kier molecular flexibility index (Phi) is 3.71. The summed E-state index contributed by atoms with van der Waals surface area (Å²) in [5, 5.41) is 1.77. The molecule has 2 heterocycles. The van der Waals surface area contributed by atoms with Crippen LogP contribution in [0.2, 0.25) is 5.02 Å². The molecule has 0 radical (unpaired) electrons. The van der Waals surface area contributed by atoms with Crippen LogP contribution in [0.25, 0.3) is 10.9 Å². The van der Waals surface area contributed by atoms with E-state index in [9.17, 15) is 0 Å². The third-order valence-corrected chi connectivity index (χ3v) is 5.26. The summed E-state index contributed by atoms with van der Waals surface area (Å²) >= 11 is 6.16. The van der Waals surface area contributed by atoms with Crippen molar-refractivity contribution in [2.45, 2.75) is 51.6 Å². The van der Waals surface area contributed by atoms with Crippen molar-refractivity contribution in [1.82, 2.24) is 9.88 Å². The molecule has 1 aromatic heterocycles. The highest BCUT2D eigenvalue weighted by Crippen LogP contribution is 2.37. The van der Waals surface area contributed by atoms with Crippen LogP contribution in [0.1, 0.15) is 43.4 Å². The summed E-state index contributed by atoms with van der Waals surface area (Å²) in [5.41, 5.74) is 3.27. The summed E-state index contributed by atoms with van der Waals surface area (Å²) in [6.07, 6.45) is 6.66. The van der Waals surface area contributed by atoms with Gasteiger partial charge in [-0.3, -0.25) is 9.88 Å². The van der Waals surface area contributed by atoms with E-state index in [0.29, 0.717) is 12.8 Å². The van der Waals surface area contributed by atoms with Crippen molar-refractivity contribution in [2.75, 3.05) is 6.73 Å². The van der Waals surface area contributed by atoms with Gasteiger partial charge in [-0.25, -0.2) is 0 Å². The van der Waals surface area contributed by atoms with Crippen LogP contribution in [0, 0.1) is 6.92 Å². The van der Waals surface area contributed by atoms with Gasteiger partial charge in [0.25, 0.3) is 0 Å². The lowest BCUT2D eigenvalue weighted by atomic mass is 9.93. The molecular weight excluding hydrogens is 296 g/mol. The molecule has 1 aliphatic heterocycles. The molecular formula is C18H21ClN2O. The Morgan fingerprint density at radius 3 is 2.86 bits per heavy atom. The molecule has 4 heteroatoms. The van der Waals surface area contributed by atoms with E-state index in [1.807, 2.05) is 18.2 Å². The number of halogens is 1. The van der Waals surface area contributed by atoms with Gasteiger partial charge in [-0.05, 0) is 38.0 Å². The summed E-state index contributed by atoms with van der Waals surface area (Å²) in [7, 11) is 0. The van der Waals surface area contributed by atoms with Gasteiger partial charge in [0.15, 0.2) is 0 Å². The highest BCUT2D eigenvalue weighted by molar-refractivity contribution is 6.31. The van der Waals surface area contributed by atoms with Gasteiger partial charge in [-0.15, -0.1) is 0 Å². The number of aryl methyl sites for hydroxylation is 1. The lowest BCUT2D eigenvalue weighted by Gasteiger charge is -2.38. The highest BCUT2D eigenvalue weighted by atomic mass is 35.5. The normalized spacial score (nSPS) is 19.9. The fourth-order valence-electron chi connectivity index (χ4n) is 3.79. The number of nitrogens with zero attached hydrogens (tertiary/aromatic N) is 2. The van der Waals surface area contributed by atoms with Crippen LogP contribution in [-0.4, -0.2) is 22.7 Å². The second-order valence-corrected chi connectivity index (χ2v) is 6.91. The van der Waals surface area contributed by atoms with Crippen LogP contribution < -0.4 is 4.74 Å². The van der Waals surface area contributed by atoms with Crippen LogP contribution in [0.4, 0.5) is 0 Å². The fraction of sp³-hybridized carbons (Fsp3) is 0.500. The molecule has 4 rings (SSSR count). The molecule has 0 saturated heterocycles. The molecule has 0 N–H and O–H groups in total. The summed E-state index contributed by atoms with van der Waals surface area (Å²) in [4.78, 5) is 7.22.